The number of hydrogen-bond acceptors (Lipinski definition) is 4. The summed E-state index contributed by atoms with van der Waals surface area (Å²) in [4.78, 5) is 12.6. The highest BCUT2D eigenvalue weighted by Gasteiger charge is 1.98. The van der Waals surface area contributed by atoms with Crippen molar-refractivity contribution in [3.8, 4) is 0 Å². The summed E-state index contributed by atoms with van der Waals surface area (Å²) in [5.74, 6) is 0. The third kappa shape index (κ3) is 3.14. The van der Waals surface area contributed by atoms with Crippen LogP contribution in [0.15, 0.2) is 18.7 Å². The fourth-order valence-electron chi connectivity index (χ4n) is 1.32. The number of imidazole rings is 1. The number of thiazole rings is 1. The van der Waals surface area contributed by atoms with E-state index < -0.39 is 0 Å². The van der Waals surface area contributed by atoms with Gasteiger partial charge in [0, 0.05) is 42.5 Å². The Balaban J connectivity index is 1.67. The molecule has 4 nitrogen and oxygen atoms in total. The SMILES string of the molecule is Cc1cnc(CCNCc2cnc[nH]2)s1. The second kappa shape index (κ2) is 5.04. The molecule has 0 amide bonds. The zero-order valence-electron chi connectivity index (χ0n) is 8.66. The average molecular weight is 222 g/mol. The predicted molar refractivity (Wildman–Crippen MR) is 60.8 cm³/mol. The molecule has 2 rings (SSSR count). The molecular weight excluding hydrogens is 208 g/mol. The molecule has 2 heterocycles. The van der Waals surface area contributed by atoms with Crippen molar-refractivity contribution in [1.82, 2.24) is 20.3 Å². The van der Waals surface area contributed by atoms with Crippen molar-refractivity contribution in [2.75, 3.05) is 6.54 Å². The van der Waals surface area contributed by atoms with E-state index in [9.17, 15) is 0 Å². The molecule has 0 spiro atoms. The quantitative estimate of drug-likeness (QED) is 0.754. The Kier molecular flexibility index (Phi) is 3.47. The summed E-state index contributed by atoms with van der Waals surface area (Å²) in [5, 5.41) is 4.54. The second-order valence-electron chi connectivity index (χ2n) is 3.37. The van der Waals surface area contributed by atoms with Crippen LogP contribution in [0.5, 0.6) is 0 Å². The van der Waals surface area contributed by atoms with E-state index in [0.717, 1.165) is 25.2 Å². The molecule has 0 saturated heterocycles. The number of aromatic nitrogens is 3. The Morgan fingerprint density at radius 2 is 2.40 bits per heavy atom. The van der Waals surface area contributed by atoms with E-state index in [1.807, 2.05) is 12.4 Å². The van der Waals surface area contributed by atoms with Gasteiger partial charge in [-0.25, -0.2) is 9.97 Å². The van der Waals surface area contributed by atoms with Gasteiger partial charge in [0.05, 0.1) is 11.3 Å². The van der Waals surface area contributed by atoms with Crippen molar-refractivity contribution in [1.29, 1.82) is 0 Å². The molecule has 2 N–H and O–H groups in total. The number of hydrogen-bond donors (Lipinski definition) is 2. The van der Waals surface area contributed by atoms with Gasteiger partial charge in [-0.3, -0.25) is 0 Å². The fourth-order valence-corrected chi connectivity index (χ4v) is 2.10. The molecule has 0 aliphatic heterocycles. The lowest BCUT2D eigenvalue weighted by Gasteiger charge is -2.00. The first-order chi connectivity index (χ1) is 7.34. The first kappa shape index (κ1) is 10.3. The summed E-state index contributed by atoms with van der Waals surface area (Å²) in [5.41, 5.74) is 1.12. The molecule has 0 radical (unpaired) electrons. The number of nitrogens with zero attached hydrogens (tertiary/aromatic N) is 2. The normalized spacial score (nSPS) is 10.7. The van der Waals surface area contributed by atoms with Crippen LogP contribution in [0.25, 0.3) is 0 Å². The lowest BCUT2D eigenvalue weighted by atomic mass is 10.4. The van der Waals surface area contributed by atoms with Crippen LogP contribution in [-0.2, 0) is 13.0 Å². The molecule has 0 bridgehead atoms. The third-order valence-electron chi connectivity index (χ3n) is 2.06. The number of aromatic amines is 1. The Morgan fingerprint density at radius 3 is 3.07 bits per heavy atom. The largest absolute Gasteiger partial charge is 0.347 e. The van der Waals surface area contributed by atoms with Crippen LogP contribution in [0.2, 0.25) is 0 Å². The van der Waals surface area contributed by atoms with Gasteiger partial charge in [0.25, 0.3) is 0 Å². The van der Waals surface area contributed by atoms with Crippen molar-refractivity contribution in [2.45, 2.75) is 19.9 Å². The van der Waals surface area contributed by atoms with Crippen LogP contribution >= 0.6 is 11.3 Å². The molecule has 2 aromatic heterocycles. The Morgan fingerprint density at radius 1 is 1.47 bits per heavy atom. The molecule has 5 heteroatoms. The van der Waals surface area contributed by atoms with E-state index in [0.29, 0.717) is 0 Å². The first-order valence-electron chi connectivity index (χ1n) is 4.94. The van der Waals surface area contributed by atoms with E-state index >= 15 is 0 Å². The summed E-state index contributed by atoms with van der Waals surface area (Å²) in [6, 6.07) is 0. The number of H-pyrrole nitrogens is 1. The predicted octanol–water partition coefficient (Wildman–Crippen LogP) is 1.51. The molecule has 0 aliphatic carbocycles. The highest BCUT2D eigenvalue weighted by molar-refractivity contribution is 7.11. The van der Waals surface area contributed by atoms with Crippen LogP contribution in [0.3, 0.4) is 0 Å². The fraction of sp³-hybridized carbons (Fsp3) is 0.400. The molecule has 0 aromatic carbocycles. The molecule has 0 fully saturated rings. The zero-order chi connectivity index (χ0) is 10.5. The molecule has 80 valence electrons. The van der Waals surface area contributed by atoms with E-state index in [1.54, 1.807) is 17.7 Å². The Bertz CT molecular complexity index is 393. The molecule has 0 aliphatic rings. The van der Waals surface area contributed by atoms with Gasteiger partial charge in [-0.1, -0.05) is 0 Å². The summed E-state index contributed by atoms with van der Waals surface area (Å²) in [7, 11) is 0. The van der Waals surface area contributed by atoms with E-state index in [2.05, 4.69) is 27.2 Å². The average Bonchev–Trinajstić information content (AvgIpc) is 2.84. The third-order valence-corrected chi connectivity index (χ3v) is 3.03. The number of nitrogens with one attached hydrogen (secondary N) is 2. The minimum absolute atomic E-state index is 0.838. The van der Waals surface area contributed by atoms with Gasteiger partial charge < -0.3 is 10.3 Å². The van der Waals surface area contributed by atoms with Crippen LogP contribution < -0.4 is 5.32 Å². The molecular formula is C10H14N4S. The van der Waals surface area contributed by atoms with Gasteiger partial charge >= 0.3 is 0 Å². The molecule has 0 saturated carbocycles. The smallest absolute Gasteiger partial charge is 0.0940 e. The van der Waals surface area contributed by atoms with Crippen LogP contribution in [0.1, 0.15) is 15.6 Å². The van der Waals surface area contributed by atoms with Crippen molar-refractivity contribution in [3.63, 3.8) is 0 Å². The lowest BCUT2D eigenvalue weighted by Crippen LogP contribution is -2.16. The maximum absolute atomic E-state index is 4.31. The maximum atomic E-state index is 4.31. The van der Waals surface area contributed by atoms with E-state index in [1.165, 1.54) is 9.88 Å². The first-order valence-corrected chi connectivity index (χ1v) is 5.75. The van der Waals surface area contributed by atoms with Gasteiger partial charge in [-0.05, 0) is 6.92 Å². The van der Waals surface area contributed by atoms with Crippen LogP contribution in [0.4, 0.5) is 0 Å². The topological polar surface area (TPSA) is 53.6 Å². The van der Waals surface area contributed by atoms with Crippen molar-refractivity contribution in [3.05, 3.63) is 34.3 Å². The Labute approximate surface area is 92.8 Å². The highest BCUT2D eigenvalue weighted by Crippen LogP contribution is 2.10. The van der Waals surface area contributed by atoms with Gasteiger partial charge in [0.15, 0.2) is 0 Å². The van der Waals surface area contributed by atoms with Crippen LogP contribution in [-0.4, -0.2) is 21.5 Å². The van der Waals surface area contributed by atoms with Crippen molar-refractivity contribution < 1.29 is 0 Å². The van der Waals surface area contributed by atoms with Crippen molar-refractivity contribution >= 4 is 11.3 Å². The minimum atomic E-state index is 0.838. The zero-order valence-corrected chi connectivity index (χ0v) is 9.47. The van der Waals surface area contributed by atoms with Gasteiger partial charge in [-0.2, -0.15) is 0 Å². The number of aryl methyl sites for hydroxylation is 1. The minimum Gasteiger partial charge on any atom is -0.347 e. The Hall–Kier alpha value is -1.20. The second-order valence-corrected chi connectivity index (χ2v) is 4.69. The molecule has 15 heavy (non-hydrogen) atoms. The summed E-state index contributed by atoms with van der Waals surface area (Å²) < 4.78 is 0. The maximum Gasteiger partial charge on any atom is 0.0940 e. The number of rotatable bonds is 5. The molecule has 0 atom stereocenters. The summed E-state index contributed by atoms with van der Waals surface area (Å²) >= 11 is 1.76. The molecule has 0 unspecified atom stereocenters. The standard InChI is InChI=1S/C10H14N4S/c1-8-4-13-10(15-8)2-3-11-5-9-6-12-7-14-9/h4,6-7,11H,2-3,5H2,1H3,(H,12,14). The van der Waals surface area contributed by atoms with E-state index in [-0.39, 0.29) is 0 Å². The van der Waals surface area contributed by atoms with Crippen LogP contribution in [0, 0.1) is 6.92 Å². The van der Waals surface area contributed by atoms with Gasteiger partial charge in [-0.15, -0.1) is 11.3 Å². The van der Waals surface area contributed by atoms with Crippen molar-refractivity contribution in [2.24, 2.45) is 0 Å². The summed E-state index contributed by atoms with van der Waals surface area (Å²) in [6.45, 7) is 3.87. The highest BCUT2D eigenvalue weighted by atomic mass is 32.1. The monoisotopic (exact) mass is 222 g/mol. The van der Waals surface area contributed by atoms with E-state index in [4.69, 9.17) is 0 Å². The lowest BCUT2D eigenvalue weighted by molar-refractivity contribution is 0.675. The summed E-state index contributed by atoms with van der Waals surface area (Å²) in [6.07, 6.45) is 6.45. The van der Waals surface area contributed by atoms with Gasteiger partial charge in [0.1, 0.15) is 0 Å². The van der Waals surface area contributed by atoms with Gasteiger partial charge in [0.2, 0.25) is 0 Å². The molecule has 2 aromatic rings.